The zero-order valence-corrected chi connectivity index (χ0v) is 8.75. The molecular formula is C10H19N3. The molecule has 74 valence electrons. The van der Waals surface area contributed by atoms with Gasteiger partial charge in [0.15, 0.2) is 0 Å². The Hall–Kier alpha value is -0.830. The average Bonchev–Trinajstić information content (AvgIpc) is 2.54. The standard InChI is InChI=1S/C10H19N3/c1-4-10(8-11-5-2)13-9(3)6-7-12-13/h6-7,10-11H,4-5,8H2,1-3H3. The largest absolute Gasteiger partial charge is 0.315 e. The summed E-state index contributed by atoms with van der Waals surface area (Å²) in [4.78, 5) is 0. The van der Waals surface area contributed by atoms with E-state index in [9.17, 15) is 0 Å². The topological polar surface area (TPSA) is 29.9 Å². The van der Waals surface area contributed by atoms with Gasteiger partial charge in [-0.1, -0.05) is 13.8 Å². The Kier molecular flexibility index (Phi) is 3.96. The second-order valence-corrected chi connectivity index (χ2v) is 3.29. The van der Waals surface area contributed by atoms with Crippen molar-refractivity contribution in [3.63, 3.8) is 0 Å². The minimum atomic E-state index is 0.495. The molecule has 3 nitrogen and oxygen atoms in total. The van der Waals surface area contributed by atoms with Crippen LogP contribution in [0.1, 0.15) is 32.0 Å². The number of hydrogen-bond acceptors (Lipinski definition) is 2. The molecule has 1 N–H and O–H groups in total. The van der Waals surface area contributed by atoms with Crippen LogP contribution in [-0.2, 0) is 0 Å². The Morgan fingerprint density at radius 2 is 2.31 bits per heavy atom. The number of likely N-dealkylation sites (N-methyl/N-ethyl adjacent to an activating group) is 1. The fraction of sp³-hybridized carbons (Fsp3) is 0.700. The van der Waals surface area contributed by atoms with E-state index >= 15 is 0 Å². The van der Waals surface area contributed by atoms with E-state index in [4.69, 9.17) is 0 Å². The molecule has 0 amide bonds. The molecule has 1 rings (SSSR count). The van der Waals surface area contributed by atoms with E-state index in [2.05, 4.69) is 41.9 Å². The molecule has 0 spiro atoms. The molecule has 0 aliphatic carbocycles. The van der Waals surface area contributed by atoms with E-state index in [1.807, 2.05) is 6.20 Å². The third-order valence-electron chi connectivity index (χ3n) is 2.32. The Morgan fingerprint density at radius 3 is 2.77 bits per heavy atom. The highest BCUT2D eigenvalue weighted by molar-refractivity contribution is 4.98. The first-order chi connectivity index (χ1) is 6.29. The lowest BCUT2D eigenvalue weighted by molar-refractivity contribution is 0.409. The molecule has 1 aromatic heterocycles. The number of aromatic nitrogens is 2. The van der Waals surface area contributed by atoms with Gasteiger partial charge in [0.2, 0.25) is 0 Å². The first kappa shape index (κ1) is 10.3. The van der Waals surface area contributed by atoms with E-state index in [0.717, 1.165) is 19.5 Å². The van der Waals surface area contributed by atoms with Crippen LogP contribution in [0.4, 0.5) is 0 Å². The molecule has 1 heterocycles. The van der Waals surface area contributed by atoms with Crippen molar-refractivity contribution in [2.45, 2.75) is 33.2 Å². The quantitative estimate of drug-likeness (QED) is 0.750. The predicted molar refractivity (Wildman–Crippen MR) is 54.8 cm³/mol. The summed E-state index contributed by atoms with van der Waals surface area (Å²) in [5.74, 6) is 0. The van der Waals surface area contributed by atoms with Crippen LogP contribution < -0.4 is 5.32 Å². The van der Waals surface area contributed by atoms with Gasteiger partial charge in [-0.25, -0.2) is 0 Å². The molecule has 0 aliphatic heterocycles. The smallest absolute Gasteiger partial charge is 0.0644 e. The summed E-state index contributed by atoms with van der Waals surface area (Å²) in [5.41, 5.74) is 1.24. The lowest BCUT2D eigenvalue weighted by Gasteiger charge is -2.17. The van der Waals surface area contributed by atoms with Crippen LogP contribution >= 0.6 is 0 Å². The maximum atomic E-state index is 4.32. The number of nitrogens with zero attached hydrogens (tertiary/aromatic N) is 2. The van der Waals surface area contributed by atoms with Gasteiger partial charge in [0.1, 0.15) is 0 Å². The van der Waals surface area contributed by atoms with Gasteiger partial charge in [-0.2, -0.15) is 5.10 Å². The third kappa shape index (κ3) is 2.56. The Balaban J connectivity index is 2.61. The van der Waals surface area contributed by atoms with Crippen LogP contribution in [0.3, 0.4) is 0 Å². The highest BCUT2D eigenvalue weighted by atomic mass is 15.3. The zero-order valence-electron chi connectivity index (χ0n) is 8.75. The first-order valence-electron chi connectivity index (χ1n) is 5.00. The average molecular weight is 181 g/mol. The second kappa shape index (κ2) is 5.02. The second-order valence-electron chi connectivity index (χ2n) is 3.29. The fourth-order valence-electron chi connectivity index (χ4n) is 1.48. The van der Waals surface area contributed by atoms with Gasteiger partial charge in [-0.15, -0.1) is 0 Å². The summed E-state index contributed by atoms with van der Waals surface area (Å²) < 4.78 is 2.10. The van der Waals surface area contributed by atoms with Gasteiger partial charge >= 0.3 is 0 Å². The van der Waals surface area contributed by atoms with Crippen LogP contribution in [0.25, 0.3) is 0 Å². The first-order valence-corrected chi connectivity index (χ1v) is 5.00. The molecular weight excluding hydrogens is 162 g/mol. The van der Waals surface area contributed by atoms with Crippen molar-refractivity contribution in [3.05, 3.63) is 18.0 Å². The minimum Gasteiger partial charge on any atom is -0.315 e. The minimum absolute atomic E-state index is 0.495. The van der Waals surface area contributed by atoms with Crippen LogP contribution in [0, 0.1) is 6.92 Å². The van der Waals surface area contributed by atoms with Gasteiger partial charge in [0.05, 0.1) is 6.04 Å². The van der Waals surface area contributed by atoms with E-state index < -0.39 is 0 Å². The summed E-state index contributed by atoms with van der Waals surface area (Å²) in [6.07, 6.45) is 2.99. The lowest BCUT2D eigenvalue weighted by atomic mass is 10.2. The van der Waals surface area contributed by atoms with Crippen molar-refractivity contribution in [1.29, 1.82) is 0 Å². The molecule has 0 fully saturated rings. The molecule has 0 saturated heterocycles. The van der Waals surface area contributed by atoms with E-state index in [0.29, 0.717) is 6.04 Å². The molecule has 0 radical (unpaired) electrons. The molecule has 1 unspecified atom stereocenters. The highest BCUT2D eigenvalue weighted by Crippen LogP contribution is 2.11. The highest BCUT2D eigenvalue weighted by Gasteiger charge is 2.09. The van der Waals surface area contributed by atoms with Crippen molar-refractivity contribution >= 4 is 0 Å². The number of nitrogens with one attached hydrogen (secondary N) is 1. The third-order valence-corrected chi connectivity index (χ3v) is 2.32. The molecule has 0 aromatic carbocycles. The summed E-state index contributed by atoms with van der Waals surface area (Å²) in [5, 5.41) is 7.67. The summed E-state index contributed by atoms with van der Waals surface area (Å²) in [7, 11) is 0. The van der Waals surface area contributed by atoms with Crippen molar-refractivity contribution < 1.29 is 0 Å². The van der Waals surface area contributed by atoms with Gasteiger partial charge in [-0.05, 0) is 26.0 Å². The molecule has 1 atom stereocenters. The molecule has 0 aliphatic rings. The molecule has 0 bridgehead atoms. The monoisotopic (exact) mass is 181 g/mol. The Labute approximate surface area is 80.1 Å². The van der Waals surface area contributed by atoms with Gasteiger partial charge in [-0.3, -0.25) is 4.68 Å². The van der Waals surface area contributed by atoms with Crippen molar-refractivity contribution in [1.82, 2.24) is 15.1 Å². The zero-order chi connectivity index (χ0) is 9.68. The molecule has 1 aromatic rings. The van der Waals surface area contributed by atoms with E-state index in [1.54, 1.807) is 0 Å². The van der Waals surface area contributed by atoms with Crippen molar-refractivity contribution in [2.24, 2.45) is 0 Å². The van der Waals surface area contributed by atoms with E-state index in [-0.39, 0.29) is 0 Å². The Bertz CT molecular complexity index is 242. The number of rotatable bonds is 5. The van der Waals surface area contributed by atoms with Crippen molar-refractivity contribution in [2.75, 3.05) is 13.1 Å². The van der Waals surface area contributed by atoms with Crippen LogP contribution in [0.15, 0.2) is 12.3 Å². The van der Waals surface area contributed by atoms with E-state index in [1.165, 1.54) is 5.69 Å². The van der Waals surface area contributed by atoms with Gasteiger partial charge < -0.3 is 5.32 Å². The predicted octanol–water partition coefficient (Wildman–Crippen LogP) is 1.75. The number of hydrogen-bond donors (Lipinski definition) is 1. The van der Waals surface area contributed by atoms with Crippen LogP contribution in [-0.4, -0.2) is 22.9 Å². The maximum Gasteiger partial charge on any atom is 0.0644 e. The van der Waals surface area contributed by atoms with Gasteiger partial charge in [0.25, 0.3) is 0 Å². The fourth-order valence-corrected chi connectivity index (χ4v) is 1.48. The molecule has 13 heavy (non-hydrogen) atoms. The SMILES string of the molecule is CCNCC(CC)n1nccc1C. The van der Waals surface area contributed by atoms with Crippen LogP contribution in [0.2, 0.25) is 0 Å². The number of aryl methyl sites for hydroxylation is 1. The summed E-state index contributed by atoms with van der Waals surface area (Å²) >= 11 is 0. The van der Waals surface area contributed by atoms with Gasteiger partial charge in [0, 0.05) is 18.4 Å². The molecule has 3 heteroatoms. The van der Waals surface area contributed by atoms with Crippen LogP contribution in [0.5, 0.6) is 0 Å². The lowest BCUT2D eigenvalue weighted by Crippen LogP contribution is -2.26. The normalized spacial score (nSPS) is 13.2. The van der Waals surface area contributed by atoms with Crippen molar-refractivity contribution in [3.8, 4) is 0 Å². The summed E-state index contributed by atoms with van der Waals surface area (Å²) in [6.45, 7) is 8.46. The summed E-state index contributed by atoms with van der Waals surface area (Å²) in [6, 6.07) is 2.55. The molecule has 0 saturated carbocycles. The maximum absolute atomic E-state index is 4.32. The Morgan fingerprint density at radius 1 is 1.54 bits per heavy atom.